The Kier molecular flexibility index (Phi) is 6.75. The van der Waals surface area contributed by atoms with Crippen molar-refractivity contribution in [2.24, 2.45) is 0 Å². The lowest BCUT2D eigenvalue weighted by atomic mass is 10.2. The van der Waals surface area contributed by atoms with Crippen molar-refractivity contribution in [3.8, 4) is 0 Å². The first-order valence-corrected chi connectivity index (χ1v) is 10.8. The van der Waals surface area contributed by atoms with Gasteiger partial charge in [-0.25, -0.2) is 4.98 Å². The average molecular weight is 410 g/mol. The number of amides is 1. The van der Waals surface area contributed by atoms with E-state index in [1.807, 2.05) is 76.3 Å². The summed E-state index contributed by atoms with van der Waals surface area (Å²) in [6.45, 7) is 6.48. The van der Waals surface area contributed by atoms with Crippen molar-refractivity contribution in [3.05, 3.63) is 70.5 Å². The quantitative estimate of drug-likeness (QED) is 0.426. The highest BCUT2D eigenvalue weighted by Gasteiger charge is 2.23. The first kappa shape index (κ1) is 21.1. The van der Waals surface area contributed by atoms with E-state index in [2.05, 4.69) is 0 Å². The first-order chi connectivity index (χ1) is 13.9. The van der Waals surface area contributed by atoms with Crippen LogP contribution in [0.2, 0.25) is 0 Å². The summed E-state index contributed by atoms with van der Waals surface area (Å²) in [6, 6.07) is 17.3. The van der Waals surface area contributed by atoms with Gasteiger partial charge in [0.1, 0.15) is 0 Å². The monoisotopic (exact) mass is 409 g/mol. The van der Waals surface area contributed by atoms with E-state index in [0.29, 0.717) is 22.6 Å². The van der Waals surface area contributed by atoms with Crippen molar-refractivity contribution >= 4 is 28.6 Å². The third-order valence-electron chi connectivity index (χ3n) is 5.08. The minimum Gasteiger partial charge on any atom is -0.340 e. The largest absolute Gasteiger partial charge is 0.340 e. The zero-order valence-electron chi connectivity index (χ0n) is 17.3. The SMILES string of the molecule is CC[C@@H](C)n1c(S[C@@H](C)C(=O)N(C)Cc2ccccc2)nc2ccccc2c1=O. The number of benzene rings is 2. The summed E-state index contributed by atoms with van der Waals surface area (Å²) in [4.78, 5) is 32.5. The average Bonchev–Trinajstić information content (AvgIpc) is 2.73. The molecule has 0 aliphatic rings. The molecule has 2 atom stereocenters. The van der Waals surface area contributed by atoms with E-state index in [1.165, 1.54) is 11.8 Å². The number of hydrogen-bond donors (Lipinski definition) is 0. The number of aromatic nitrogens is 2. The van der Waals surface area contributed by atoms with Crippen molar-refractivity contribution < 1.29 is 4.79 Å². The Balaban J connectivity index is 1.88. The Labute approximate surface area is 175 Å². The molecular weight excluding hydrogens is 382 g/mol. The molecule has 152 valence electrons. The number of para-hydroxylation sites is 1. The molecule has 0 N–H and O–H groups in total. The van der Waals surface area contributed by atoms with Gasteiger partial charge in [0.25, 0.3) is 5.56 Å². The maximum absolute atomic E-state index is 13.1. The van der Waals surface area contributed by atoms with E-state index in [4.69, 9.17) is 4.98 Å². The van der Waals surface area contributed by atoms with E-state index in [0.717, 1.165) is 12.0 Å². The van der Waals surface area contributed by atoms with Crippen molar-refractivity contribution in [3.63, 3.8) is 0 Å². The van der Waals surface area contributed by atoms with Gasteiger partial charge in [0.15, 0.2) is 5.16 Å². The molecule has 0 saturated heterocycles. The van der Waals surface area contributed by atoms with Crippen LogP contribution in [0.15, 0.2) is 64.5 Å². The zero-order chi connectivity index (χ0) is 21.0. The molecule has 0 bridgehead atoms. The fourth-order valence-corrected chi connectivity index (χ4v) is 4.36. The van der Waals surface area contributed by atoms with Gasteiger partial charge >= 0.3 is 0 Å². The molecule has 0 radical (unpaired) electrons. The molecule has 1 aromatic heterocycles. The number of thioether (sulfide) groups is 1. The van der Waals surface area contributed by atoms with Gasteiger partial charge in [-0.05, 0) is 38.0 Å². The normalized spacial score (nSPS) is 13.2. The molecule has 0 unspecified atom stereocenters. The highest BCUT2D eigenvalue weighted by molar-refractivity contribution is 8.00. The second-order valence-corrected chi connectivity index (χ2v) is 8.59. The molecule has 3 aromatic rings. The maximum atomic E-state index is 13.1. The lowest BCUT2D eigenvalue weighted by molar-refractivity contribution is -0.129. The van der Waals surface area contributed by atoms with Gasteiger partial charge in [-0.1, -0.05) is 61.2 Å². The molecule has 0 aliphatic carbocycles. The lowest BCUT2D eigenvalue weighted by Crippen LogP contribution is -2.34. The predicted molar refractivity (Wildman–Crippen MR) is 119 cm³/mol. The van der Waals surface area contributed by atoms with Crippen LogP contribution in [0.3, 0.4) is 0 Å². The van der Waals surface area contributed by atoms with Crippen LogP contribution in [0, 0.1) is 0 Å². The third-order valence-corrected chi connectivity index (χ3v) is 6.13. The van der Waals surface area contributed by atoms with Gasteiger partial charge < -0.3 is 4.90 Å². The smallest absolute Gasteiger partial charge is 0.262 e. The number of carbonyl (C=O) groups is 1. The fraction of sp³-hybridized carbons (Fsp3) is 0.348. The van der Waals surface area contributed by atoms with Gasteiger partial charge in [0.05, 0.1) is 16.2 Å². The molecule has 2 aromatic carbocycles. The van der Waals surface area contributed by atoms with Crippen molar-refractivity contribution in [2.75, 3.05) is 7.05 Å². The van der Waals surface area contributed by atoms with Crippen LogP contribution in [-0.4, -0.2) is 32.7 Å². The Morgan fingerprint density at radius 1 is 1.10 bits per heavy atom. The molecule has 1 amide bonds. The second-order valence-electron chi connectivity index (χ2n) is 7.28. The first-order valence-electron chi connectivity index (χ1n) is 9.89. The minimum absolute atomic E-state index is 0.00598. The van der Waals surface area contributed by atoms with Gasteiger partial charge in [-0.15, -0.1) is 0 Å². The van der Waals surface area contributed by atoms with Crippen LogP contribution in [-0.2, 0) is 11.3 Å². The van der Waals surface area contributed by atoms with Crippen molar-refractivity contribution in [1.29, 1.82) is 0 Å². The topological polar surface area (TPSA) is 55.2 Å². The van der Waals surface area contributed by atoms with Crippen molar-refractivity contribution in [2.45, 2.75) is 50.2 Å². The number of rotatable bonds is 7. The summed E-state index contributed by atoms with van der Waals surface area (Å²) < 4.78 is 1.73. The van der Waals surface area contributed by atoms with Crippen LogP contribution in [0.1, 0.15) is 38.8 Å². The number of nitrogens with zero attached hydrogens (tertiary/aromatic N) is 3. The molecule has 3 rings (SSSR count). The van der Waals surface area contributed by atoms with Crippen LogP contribution in [0.4, 0.5) is 0 Å². The summed E-state index contributed by atoms with van der Waals surface area (Å²) in [5.41, 5.74) is 1.70. The standard InChI is InChI=1S/C23H27N3O2S/c1-5-16(2)26-22(28)19-13-9-10-14-20(19)24-23(26)29-17(3)21(27)25(4)15-18-11-7-6-8-12-18/h6-14,16-17H,5,15H2,1-4H3/t16-,17+/m1/s1. The Hall–Kier alpha value is -2.60. The molecule has 0 aliphatic heterocycles. The zero-order valence-corrected chi connectivity index (χ0v) is 18.1. The molecule has 0 saturated carbocycles. The molecule has 5 nitrogen and oxygen atoms in total. The predicted octanol–water partition coefficient (Wildman–Crippen LogP) is 4.51. The molecule has 1 heterocycles. The number of carbonyl (C=O) groups excluding carboxylic acids is 1. The van der Waals surface area contributed by atoms with E-state index >= 15 is 0 Å². The molecule has 0 spiro atoms. The molecule has 29 heavy (non-hydrogen) atoms. The molecular formula is C23H27N3O2S. The van der Waals surface area contributed by atoms with Crippen LogP contribution < -0.4 is 5.56 Å². The highest BCUT2D eigenvalue weighted by Crippen LogP contribution is 2.27. The highest BCUT2D eigenvalue weighted by atomic mass is 32.2. The van der Waals surface area contributed by atoms with Gasteiger partial charge in [0, 0.05) is 19.6 Å². The number of fused-ring (bicyclic) bond motifs is 1. The Bertz CT molecular complexity index is 1050. The summed E-state index contributed by atoms with van der Waals surface area (Å²) in [6.07, 6.45) is 0.809. The van der Waals surface area contributed by atoms with Crippen LogP contribution in [0.25, 0.3) is 10.9 Å². The minimum atomic E-state index is -0.355. The third kappa shape index (κ3) is 4.70. The summed E-state index contributed by atoms with van der Waals surface area (Å²) in [5, 5.41) is 0.849. The van der Waals surface area contributed by atoms with E-state index in [1.54, 1.807) is 15.5 Å². The van der Waals surface area contributed by atoms with Crippen LogP contribution in [0.5, 0.6) is 0 Å². The summed E-state index contributed by atoms with van der Waals surface area (Å²) in [7, 11) is 1.81. The summed E-state index contributed by atoms with van der Waals surface area (Å²) in [5.74, 6) is 0.0111. The fourth-order valence-electron chi connectivity index (χ4n) is 3.23. The van der Waals surface area contributed by atoms with E-state index in [-0.39, 0.29) is 22.8 Å². The van der Waals surface area contributed by atoms with E-state index in [9.17, 15) is 9.59 Å². The Morgan fingerprint density at radius 2 is 1.76 bits per heavy atom. The molecule has 6 heteroatoms. The van der Waals surface area contributed by atoms with Crippen LogP contribution >= 0.6 is 11.8 Å². The maximum Gasteiger partial charge on any atom is 0.262 e. The van der Waals surface area contributed by atoms with Crippen molar-refractivity contribution in [1.82, 2.24) is 14.5 Å². The van der Waals surface area contributed by atoms with Gasteiger partial charge in [-0.2, -0.15) is 0 Å². The number of hydrogen-bond acceptors (Lipinski definition) is 4. The van der Waals surface area contributed by atoms with Gasteiger partial charge in [-0.3, -0.25) is 14.2 Å². The van der Waals surface area contributed by atoms with Gasteiger partial charge in [0.2, 0.25) is 5.91 Å². The van der Waals surface area contributed by atoms with E-state index < -0.39 is 0 Å². The second kappa shape index (κ2) is 9.27. The summed E-state index contributed by atoms with van der Waals surface area (Å²) >= 11 is 1.35. The lowest BCUT2D eigenvalue weighted by Gasteiger charge is -2.23. The molecule has 0 fully saturated rings. The Morgan fingerprint density at radius 3 is 2.45 bits per heavy atom.